The third kappa shape index (κ3) is 4.15. The normalized spacial score (nSPS) is 24.7. The fourth-order valence-corrected chi connectivity index (χ4v) is 3.76. The maximum atomic E-state index is 13.2. The molecule has 1 saturated heterocycles. The third-order valence-corrected chi connectivity index (χ3v) is 5.55. The second-order valence-electron chi connectivity index (χ2n) is 7.65. The number of phenols is 1. The first kappa shape index (κ1) is 23.8. The third-order valence-electron chi connectivity index (χ3n) is 5.55. The van der Waals surface area contributed by atoms with E-state index in [9.17, 15) is 30.3 Å². The second kappa shape index (κ2) is 9.49. The van der Waals surface area contributed by atoms with Gasteiger partial charge in [0, 0.05) is 17.7 Å². The first-order valence-corrected chi connectivity index (χ1v) is 10.3. The molecule has 5 atom stereocenters. The summed E-state index contributed by atoms with van der Waals surface area (Å²) in [4.78, 5) is 13.2. The number of benzene rings is 2. The van der Waals surface area contributed by atoms with E-state index in [-0.39, 0.29) is 39.7 Å². The number of methoxy groups -OCH3 is 2. The average Bonchev–Trinajstić information content (AvgIpc) is 2.84. The standard InChI is InChI=1S/C23H24O11/c1-30-13-7-12(32-23-20(29)19(28)17(26)15(9-24)34-23)8-14-16(13)18(27)22(31-2)21(33-14)10-3-5-11(25)6-4-10/h3-8,15,17,19-20,23-26,28-29H,9H2,1-2H3. The molecule has 11 heteroatoms. The number of hydrogen-bond acceptors (Lipinski definition) is 11. The molecule has 1 fully saturated rings. The van der Waals surface area contributed by atoms with E-state index in [1.54, 1.807) is 12.1 Å². The maximum absolute atomic E-state index is 13.2. The molecular weight excluding hydrogens is 452 g/mol. The summed E-state index contributed by atoms with van der Waals surface area (Å²) in [5.74, 6) is 0.203. The van der Waals surface area contributed by atoms with Gasteiger partial charge >= 0.3 is 0 Å². The van der Waals surface area contributed by atoms with Crippen molar-refractivity contribution in [2.24, 2.45) is 0 Å². The van der Waals surface area contributed by atoms with Gasteiger partial charge in [0.15, 0.2) is 5.76 Å². The minimum Gasteiger partial charge on any atom is -0.508 e. The van der Waals surface area contributed by atoms with Crippen LogP contribution in [0.5, 0.6) is 23.0 Å². The minimum atomic E-state index is -1.63. The Morgan fingerprint density at radius 1 is 0.971 bits per heavy atom. The van der Waals surface area contributed by atoms with Crippen molar-refractivity contribution in [3.63, 3.8) is 0 Å². The molecule has 5 N–H and O–H groups in total. The number of rotatable bonds is 6. The van der Waals surface area contributed by atoms with Gasteiger partial charge in [-0.2, -0.15) is 0 Å². The lowest BCUT2D eigenvalue weighted by molar-refractivity contribution is -0.277. The Labute approximate surface area is 192 Å². The highest BCUT2D eigenvalue weighted by atomic mass is 16.7. The van der Waals surface area contributed by atoms with Gasteiger partial charge in [-0.15, -0.1) is 0 Å². The molecule has 11 nitrogen and oxygen atoms in total. The summed E-state index contributed by atoms with van der Waals surface area (Å²) in [5, 5.41) is 49.2. The van der Waals surface area contributed by atoms with Crippen LogP contribution in [0.3, 0.4) is 0 Å². The highest BCUT2D eigenvalue weighted by Gasteiger charge is 2.44. The fourth-order valence-electron chi connectivity index (χ4n) is 3.76. The molecule has 0 aliphatic carbocycles. The smallest absolute Gasteiger partial charge is 0.239 e. The van der Waals surface area contributed by atoms with Crippen molar-refractivity contribution in [3.05, 3.63) is 46.6 Å². The van der Waals surface area contributed by atoms with E-state index in [0.29, 0.717) is 5.56 Å². The van der Waals surface area contributed by atoms with Crippen LogP contribution in [-0.2, 0) is 4.74 Å². The predicted molar refractivity (Wildman–Crippen MR) is 117 cm³/mol. The van der Waals surface area contributed by atoms with Gasteiger partial charge in [0.05, 0.1) is 20.8 Å². The number of ether oxygens (including phenoxy) is 4. The van der Waals surface area contributed by atoms with Crippen molar-refractivity contribution >= 4 is 11.0 Å². The van der Waals surface area contributed by atoms with Crippen LogP contribution < -0.4 is 19.6 Å². The predicted octanol–water partition coefficient (Wildman–Crippen LogP) is 0.361. The number of hydrogen-bond donors (Lipinski definition) is 5. The van der Waals surface area contributed by atoms with Crippen molar-refractivity contribution in [2.45, 2.75) is 30.7 Å². The number of aromatic hydroxyl groups is 1. The van der Waals surface area contributed by atoms with Gasteiger partial charge in [-0.05, 0) is 24.3 Å². The minimum absolute atomic E-state index is 0.0303. The topological polar surface area (TPSA) is 168 Å². The van der Waals surface area contributed by atoms with Crippen LogP contribution in [-0.4, -0.2) is 77.1 Å². The number of aliphatic hydroxyl groups is 4. The largest absolute Gasteiger partial charge is 0.508 e. The molecule has 5 unspecified atom stereocenters. The molecule has 3 aromatic rings. The summed E-state index contributed by atoms with van der Waals surface area (Å²) in [5.41, 5.74) is 0.0174. The zero-order chi connectivity index (χ0) is 24.6. The average molecular weight is 476 g/mol. The van der Waals surface area contributed by atoms with Gasteiger partial charge in [-0.25, -0.2) is 0 Å². The second-order valence-corrected chi connectivity index (χ2v) is 7.65. The number of phenolic OH excluding ortho intramolecular Hbond substituents is 1. The van der Waals surface area contributed by atoms with Gasteiger partial charge < -0.3 is 48.9 Å². The first-order chi connectivity index (χ1) is 16.3. The van der Waals surface area contributed by atoms with E-state index in [2.05, 4.69) is 0 Å². The fraction of sp³-hybridized carbons (Fsp3) is 0.348. The Kier molecular flexibility index (Phi) is 6.64. The van der Waals surface area contributed by atoms with Crippen molar-refractivity contribution in [1.82, 2.24) is 0 Å². The van der Waals surface area contributed by atoms with Crippen LogP contribution in [0.2, 0.25) is 0 Å². The lowest BCUT2D eigenvalue weighted by Gasteiger charge is -2.39. The molecule has 1 aliphatic heterocycles. The van der Waals surface area contributed by atoms with Crippen LogP contribution in [0.1, 0.15) is 0 Å². The van der Waals surface area contributed by atoms with Crippen LogP contribution in [0, 0.1) is 0 Å². The molecule has 34 heavy (non-hydrogen) atoms. The number of aliphatic hydroxyl groups excluding tert-OH is 4. The zero-order valence-electron chi connectivity index (χ0n) is 18.2. The van der Waals surface area contributed by atoms with Crippen molar-refractivity contribution < 1.29 is 48.9 Å². The quantitative estimate of drug-likeness (QED) is 0.333. The summed E-state index contributed by atoms with van der Waals surface area (Å²) in [6.07, 6.45) is -7.39. The van der Waals surface area contributed by atoms with Crippen LogP contribution in [0.25, 0.3) is 22.3 Å². The molecule has 2 heterocycles. The summed E-state index contributed by atoms with van der Waals surface area (Å²) in [7, 11) is 2.66. The molecule has 1 aliphatic rings. The molecule has 1 aromatic heterocycles. The van der Waals surface area contributed by atoms with Gasteiger partial charge in [0.1, 0.15) is 52.6 Å². The molecule has 0 spiro atoms. The summed E-state index contributed by atoms with van der Waals surface area (Å²) >= 11 is 0. The van der Waals surface area contributed by atoms with E-state index in [1.165, 1.54) is 38.5 Å². The van der Waals surface area contributed by atoms with Crippen molar-refractivity contribution in [2.75, 3.05) is 20.8 Å². The lowest BCUT2D eigenvalue weighted by atomic mass is 9.99. The first-order valence-electron chi connectivity index (χ1n) is 10.3. The van der Waals surface area contributed by atoms with Gasteiger partial charge in [0.2, 0.25) is 17.5 Å². The Hall–Kier alpha value is -3.35. The molecule has 4 rings (SSSR count). The van der Waals surface area contributed by atoms with E-state index in [0.717, 1.165) is 0 Å². The summed E-state index contributed by atoms with van der Waals surface area (Å²) in [6.45, 7) is -0.615. The van der Waals surface area contributed by atoms with E-state index >= 15 is 0 Å². The Morgan fingerprint density at radius 3 is 2.29 bits per heavy atom. The van der Waals surface area contributed by atoms with Gasteiger partial charge in [0.25, 0.3) is 0 Å². The SMILES string of the molecule is COc1c(-c2ccc(O)cc2)oc2cc(OC3OC(CO)C(O)C(O)C3O)cc(OC)c2c1=O. The molecule has 2 aromatic carbocycles. The van der Waals surface area contributed by atoms with Crippen LogP contribution in [0.15, 0.2) is 45.6 Å². The van der Waals surface area contributed by atoms with E-state index < -0.39 is 42.7 Å². The van der Waals surface area contributed by atoms with E-state index in [4.69, 9.17) is 23.4 Å². The molecule has 0 bridgehead atoms. The van der Waals surface area contributed by atoms with Gasteiger partial charge in [-0.1, -0.05) is 0 Å². The lowest BCUT2D eigenvalue weighted by Crippen LogP contribution is -2.60. The van der Waals surface area contributed by atoms with Crippen molar-refractivity contribution in [3.8, 4) is 34.3 Å². The highest BCUT2D eigenvalue weighted by molar-refractivity contribution is 5.88. The maximum Gasteiger partial charge on any atom is 0.239 e. The number of fused-ring (bicyclic) bond motifs is 1. The molecule has 0 amide bonds. The highest BCUT2D eigenvalue weighted by Crippen LogP contribution is 2.37. The summed E-state index contributed by atoms with van der Waals surface area (Å²) < 4.78 is 27.7. The van der Waals surface area contributed by atoms with Gasteiger partial charge in [-0.3, -0.25) is 4.79 Å². The van der Waals surface area contributed by atoms with Crippen LogP contribution in [0.4, 0.5) is 0 Å². The Morgan fingerprint density at radius 2 is 1.68 bits per heavy atom. The molecule has 0 saturated carbocycles. The molecule has 182 valence electrons. The van der Waals surface area contributed by atoms with Crippen LogP contribution >= 0.6 is 0 Å². The molecule has 0 radical (unpaired) electrons. The Balaban J connectivity index is 1.81. The van der Waals surface area contributed by atoms with Crippen molar-refractivity contribution in [1.29, 1.82) is 0 Å². The molecular formula is C23H24O11. The monoisotopic (exact) mass is 476 g/mol. The van der Waals surface area contributed by atoms with E-state index in [1.807, 2.05) is 0 Å². The Bertz CT molecular complexity index is 1220. The summed E-state index contributed by atoms with van der Waals surface area (Å²) in [6, 6.07) is 8.68. The zero-order valence-corrected chi connectivity index (χ0v) is 18.2.